The van der Waals surface area contributed by atoms with Crippen LogP contribution in [0, 0.1) is 5.82 Å². The van der Waals surface area contributed by atoms with E-state index in [1.54, 1.807) is 0 Å². The summed E-state index contributed by atoms with van der Waals surface area (Å²) in [6.45, 7) is 1.34. The molecule has 0 atom stereocenters. The average molecular weight is 179 g/mol. The first-order chi connectivity index (χ1) is 6.15. The number of rotatable bonds is 2. The van der Waals surface area contributed by atoms with Crippen molar-refractivity contribution in [2.75, 3.05) is 0 Å². The van der Waals surface area contributed by atoms with Crippen molar-refractivity contribution in [2.24, 2.45) is 5.11 Å². The predicted molar refractivity (Wildman–Crippen MR) is 45.2 cm³/mol. The molecule has 0 aliphatic carbocycles. The predicted octanol–water partition coefficient (Wildman–Crippen LogP) is 2.97. The molecule has 0 aliphatic heterocycles. The van der Waals surface area contributed by atoms with E-state index >= 15 is 0 Å². The van der Waals surface area contributed by atoms with E-state index in [2.05, 4.69) is 10.0 Å². The maximum absolute atomic E-state index is 13.0. The smallest absolute Gasteiger partial charge is 0.159 e. The standard InChI is InChI=1S/C8H6FN3O/c1-5(13)6-2-3-8(11-12-10)7(9)4-6/h2-4H,1H3. The molecule has 13 heavy (non-hydrogen) atoms. The van der Waals surface area contributed by atoms with Crippen molar-refractivity contribution in [3.05, 3.63) is 40.0 Å². The van der Waals surface area contributed by atoms with E-state index in [0.717, 1.165) is 6.07 Å². The van der Waals surface area contributed by atoms with Gasteiger partial charge in [0.05, 0.1) is 5.69 Å². The van der Waals surface area contributed by atoms with Gasteiger partial charge in [-0.25, -0.2) is 4.39 Å². The van der Waals surface area contributed by atoms with Gasteiger partial charge in [0.1, 0.15) is 5.82 Å². The maximum atomic E-state index is 13.0. The normalized spacial score (nSPS) is 9.08. The number of carbonyl (C=O) groups excluding carboxylic acids is 1. The van der Waals surface area contributed by atoms with Gasteiger partial charge in [0, 0.05) is 10.5 Å². The minimum absolute atomic E-state index is 0.104. The number of benzene rings is 1. The molecule has 4 nitrogen and oxygen atoms in total. The minimum Gasteiger partial charge on any atom is -0.295 e. The highest BCUT2D eigenvalue weighted by molar-refractivity contribution is 5.94. The van der Waals surface area contributed by atoms with Gasteiger partial charge in [-0.3, -0.25) is 4.79 Å². The fraction of sp³-hybridized carbons (Fsp3) is 0.125. The van der Waals surface area contributed by atoms with E-state index in [9.17, 15) is 9.18 Å². The van der Waals surface area contributed by atoms with Crippen LogP contribution in [0.25, 0.3) is 10.4 Å². The Hall–Kier alpha value is -1.87. The van der Waals surface area contributed by atoms with Gasteiger partial charge in [-0.2, -0.15) is 0 Å². The molecule has 0 unspecified atom stereocenters. The molecule has 0 aliphatic rings. The molecule has 1 rings (SSSR count). The fourth-order valence-electron chi connectivity index (χ4n) is 0.855. The molecule has 0 radical (unpaired) electrons. The van der Waals surface area contributed by atoms with Crippen molar-refractivity contribution in [3.8, 4) is 0 Å². The summed E-state index contributed by atoms with van der Waals surface area (Å²) in [5.41, 5.74) is 8.20. The van der Waals surface area contributed by atoms with Crippen LogP contribution in [0.3, 0.4) is 0 Å². The first-order valence-corrected chi connectivity index (χ1v) is 3.50. The van der Waals surface area contributed by atoms with Crippen LogP contribution in [0.15, 0.2) is 23.3 Å². The molecule has 66 valence electrons. The van der Waals surface area contributed by atoms with E-state index < -0.39 is 5.82 Å². The zero-order chi connectivity index (χ0) is 9.84. The number of ketones is 1. The van der Waals surface area contributed by atoms with Crippen LogP contribution in [-0.4, -0.2) is 5.78 Å². The van der Waals surface area contributed by atoms with Gasteiger partial charge >= 0.3 is 0 Å². The Morgan fingerprint density at radius 2 is 2.31 bits per heavy atom. The first-order valence-electron chi connectivity index (χ1n) is 3.50. The Morgan fingerprint density at radius 1 is 1.62 bits per heavy atom. The molecule has 0 spiro atoms. The number of halogens is 1. The van der Waals surface area contributed by atoms with Gasteiger partial charge in [-0.05, 0) is 24.6 Å². The topological polar surface area (TPSA) is 65.8 Å². The number of hydrogen-bond donors (Lipinski definition) is 0. The Bertz CT molecular complexity index is 396. The molecule has 0 heterocycles. The summed E-state index contributed by atoms with van der Waals surface area (Å²) in [7, 11) is 0. The highest BCUT2D eigenvalue weighted by atomic mass is 19.1. The number of hydrogen-bond acceptors (Lipinski definition) is 2. The molecule has 0 N–H and O–H groups in total. The van der Waals surface area contributed by atoms with Crippen molar-refractivity contribution in [1.82, 2.24) is 0 Å². The Balaban J connectivity index is 3.19. The Labute approximate surface area is 73.6 Å². The number of azide groups is 1. The van der Waals surface area contributed by atoms with Gasteiger partial charge in [0.2, 0.25) is 0 Å². The second-order valence-corrected chi connectivity index (χ2v) is 2.41. The number of nitrogens with zero attached hydrogens (tertiary/aromatic N) is 3. The lowest BCUT2D eigenvalue weighted by Crippen LogP contribution is -1.92. The van der Waals surface area contributed by atoms with Gasteiger partial charge < -0.3 is 0 Å². The summed E-state index contributed by atoms with van der Waals surface area (Å²) >= 11 is 0. The van der Waals surface area contributed by atoms with Crippen molar-refractivity contribution in [3.63, 3.8) is 0 Å². The highest BCUT2D eigenvalue weighted by Gasteiger charge is 2.04. The molecule has 5 heteroatoms. The van der Waals surface area contributed by atoms with Crippen LogP contribution in [0.5, 0.6) is 0 Å². The molecule has 0 amide bonds. The molecule has 1 aromatic rings. The Morgan fingerprint density at radius 3 is 2.77 bits per heavy atom. The summed E-state index contributed by atoms with van der Waals surface area (Å²) in [4.78, 5) is 13.2. The summed E-state index contributed by atoms with van der Waals surface area (Å²) < 4.78 is 13.0. The first kappa shape index (κ1) is 9.22. The van der Waals surface area contributed by atoms with E-state index in [4.69, 9.17) is 5.53 Å². The Kier molecular flexibility index (Phi) is 2.62. The summed E-state index contributed by atoms with van der Waals surface area (Å²) in [5.74, 6) is -0.920. The van der Waals surface area contributed by atoms with Crippen molar-refractivity contribution < 1.29 is 9.18 Å². The molecule has 0 saturated carbocycles. The largest absolute Gasteiger partial charge is 0.295 e. The van der Waals surface area contributed by atoms with Crippen molar-refractivity contribution >= 4 is 11.5 Å². The lowest BCUT2D eigenvalue weighted by Gasteiger charge is -1.97. The van der Waals surface area contributed by atoms with E-state index in [0.29, 0.717) is 0 Å². The molecule has 0 aromatic heterocycles. The minimum atomic E-state index is -0.689. The van der Waals surface area contributed by atoms with E-state index in [1.807, 2.05) is 0 Å². The fourth-order valence-corrected chi connectivity index (χ4v) is 0.855. The maximum Gasteiger partial charge on any atom is 0.159 e. The van der Waals surface area contributed by atoms with E-state index in [1.165, 1.54) is 19.1 Å². The average Bonchev–Trinajstić information content (AvgIpc) is 2.08. The third-order valence-corrected chi connectivity index (χ3v) is 1.51. The van der Waals surface area contributed by atoms with Crippen LogP contribution >= 0.6 is 0 Å². The SMILES string of the molecule is CC(=O)c1ccc(N=[N+]=[N-])c(F)c1. The molecule has 0 fully saturated rings. The van der Waals surface area contributed by atoms with Crippen LogP contribution < -0.4 is 0 Å². The number of Topliss-reactive ketones (excluding diaryl/α,β-unsaturated/α-hetero) is 1. The van der Waals surface area contributed by atoms with Crippen LogP contribution in [0.2, 0.25) is 0 Å². The summed E-state index contributed by atoms with van der Waals surface area (Å²) in [6.07, 6.45) is 0. The third kappa shape index (κ3) is 2.04. The van der Waals surface area contributed by atoms with Crippen LogP contribution in [-0.2, 0) is 0 Å². The van der Waals surface area contributed by atoms with E-state index in [-0.39, 0.29) is 17.0 Å². The number of carbonyl (C=O) groups is 1. The zero-order valence-electron chi connectivity index (χ0n) is 6.86. The van der Waals surface area contributed by atoms with Crippen molar-refractivity contribution in [2.45, 2.75) is 6.92 Å². The lowest BCUT2D eigenvalue weighted by molar-refractivity contribution is 0.101. The zero-order valence-corrected chi connectivity index (χ0v) is 6.86. The molecule has 0 bridgehead atoms. The molecular formula is C8H6FN3O. The van der Waals surface area contributed by atoms with Crippen molar-refractivity contribution in [1.29, 1.82) is 0 Å². The molecule has 0 saturated heterocycles. The second kappa shape index (κ2) is 3.69. The van der Waals surface area contributed by atoms with Gasteiger partial charge in [0.25, 0.3) is 0 Å². The molecular weight excluding hydrogens is 173 g/mol. The summed E-state index contributed by atoms with van der Waals surface area (Å²) in [5, 5.41) is 3.10. The van der Waals surface area contributed by atoms with Crippen LogP contribution in [0.1, 0.15) is 17.3 Å². The summed E-state index contributed by atoms with van der Waals surface area (Å²) in [6, 6.07) is 3.73. The third-order valence-electron chi connectivity index (χ3n) is 1.51. The lowest BCUT2D eigenvalue weighted by atomic mass is 10.1. The quantitative estimate of drug-likeness (QED) is 0.298. The van der Waals surface area contributed by atoms with Gasteiger partial charge in [0.15, 0.2) is 5.78 Å². The van der Waals surface area contributed by atoms with Gasteiger partial charge in [-0.15, -0.1) is 0 Å². The second-order valence-electron chi connectivity index (χ2n) is 2.41. The van der Waals surface area contributed by atoms with Gasteiger partial charge in [-0.1, -0.05) is 11.2 Å². The molecule has 1 aromatic carbocycles. The highest BCUT2D eigenvalue weighted by Crippen LogP contribution is 2.19. The van der Waals surface area contributed by atoms with Crippen LogP contribution in [0.4, 0.5) is 10.1 Å². The monoisotopic (exact) mass is 179 g/mol.